The van der Waals surface area contributed by atoms with Gasteiger partial charge in [-0.05, 0) is 18.4 Å². The van der Waals surface area contributed by atoms with Gasteiger partial charge in [0.25, 0.3) is 0 Å². The molecule has 1 aromatic rings. The molecule has 0 saturated carbocycles. The monoisotopic (exact) mass is 296 g/mol. The zero-order chi connectivity index (χ0) is 13.7. The van der Waals surface area contributed by atoms with Gasteiger partial charge < -0.3 is 4.90 Å². The van der Waals surface area contributed by atoms with Crippen LogP contribution >= 0.6 is 24.0 Å². The maximum Gasteiger partial charge on any atom is 0.220 e. The second-order valence-corrected chi connectivity index (χ2v) is 6.33. The van der Waals surface area contributed by atoms with Crippen molar-refractivity contribution >= 4 is 28.3 Å². The molecule has 0 radical (unpaired) electrons. The van der Waals surface area contributed by atoms with Crippen LogP contribution in [0.4, 0.5) is 0 Å². The number of hydrogen-bond donors (Lipinski definition) is 0. The number of hydrogen-bond acceptors (Lipinski definition) is 4. The summed E-state index contributed by atoms with van der Waals surface area (Å²) in [6, 6.07) is 9.57. The first-order valence-electron chi connectivity index (χ1n) is 6.29. The molecule has 0 amide bonds. The van der Waals surface area contributed by atoms with Crippen LogP contribution in [0.25, 0.3) is 0 Å². The molecule has 1 saturated heterocycles. The molecule has 0 aromatic heterocycles. The van der Waals surface area contributed by atoms with E-state index in [1.807, 2.05) is 30.3 Å². The molecule has 0 N–H and O–H groups in total. The molecule has 1 atom stereocenters. The summed E-state index contributed by atoms with van der Waals surface area (Å²) in [6.45, 7) is 1.86. The van der Waals surface area contributed by atoms with Crippen molar-refractivity contribution in [1.82, 2.24) is 4.90 Å². The van der Waals surface area contributed by atoms with Crippen molar-refractivity contribution in [3.8, 4) is 0 Å². The molecule has 1 aromatic carbocycles. The number of thiocarbonyl (C=S) groups is 1. The third kappa shape index (κ3) is 4.18. The summed E-state index contributed by atoms with van der Waals surface area (Å²) in [5.41, 5.74) is 0.964. The Kier molecular flexibility index (Phi) is 5.15. The van der Waals surface area contributed by atoms with Crippen LogP contribution in [-0.2, 0) is 0 Å². The average molecular weight is 296 g/mol. The van der Waals surface area contributed by atoms with Crippen molar-refractivity contribution in [2.45, 2.75) is 18.1 Å². The average Bonchev–Trinajstić information content (AvgIpc) is 2.92. The molecule has 19 heavy (non-hydrogen) atoms. The maximum atomic E-state index is 10.8. The van der Waals surface area contributed by atoms with E-state index < -0.39 is 0 Å². The zero-order valence-electron chi connectivity index (χ0n) is 10.5. The van der Waals surface area contributed by atoms with Gasteiger partial charge in [-0.15, -0.1) is 0 Å². The van der Waals surface area contributed by atoms with E-state index in [9.17, 15) is 10.1 Å². The number of nitro groups is 1. The molecule has 2 rings (SSSR count). The SMILES string of the molecule is O=[N+]([O-])CC(SC(=S)N1CCCC1)c1ccccc1. The van der Waals surface area contributed by atoms with Crippen LogP contribution in [0.15, 0.2) is 30.3 Å². The van der Waals surface area contributed by atoms with Crippen molar-refractivity contribution < 1.29 is 4.92 Å². The van der Waals surface area contributed by atoms with Gasteiger partial charge in [0.15, 0.2) is 0 Å². The van der Waals surface area contributed by atoms with Crippen molar-refractivity contribution in [3.63, 3.8) is 0 Å². The third-order valence-corrected chi connectivity index (χ3v) is 4.81. The Labute approximate surface area is 122 Å². The lowest BCUT2D eigenvalue weighted by Crippen LogP contribution is -2.25. The van der Waals surface area contributed by atoms with E-state index in [1.54, 1.807) is 0 Å². The molecule has 1 aliphatic rings. The van der Waals surface area contributed by atoms with E-state index in [2.05, 4.69) is 4.90 Å². The fourth-order valence-corrected chi connectivity index (χ4v) is 3.71. The molecule has 1 aliphatic heterocycles. The van der Waals surface area contributed by atoms with E-state index in [0.717, 1.165) is 35.8 Å². The van der Waals surface area contributed by atoms with Crippen LogP contribution in [0.1, 0.15) is 23.7 Å². The second kappa shape index (κ2) is 6.86. The molecular formula is C13H16N2O2S2. The van der Waals surface area contributed by atoms with Gasteiger partial charge in [-0.3, -0.25) is 10.1 Å². The van der Waals surface area contributed by atoms with Gasteiger partial charge in [0.05, 0.1) is 0 Å². The summed E-state index contributed by atoms with van der Waals surface area (Å²) in [4.78, 5) is 12.7. The topological polar surface area (TPSA) is 46.4 Å². The summed E-state index contributed by atoms with van der Waals surface area (Å²) >= 11 is 6.85. The number of benzene rings is 1. The van der Waals surface area contributed by atoms with Crippen LogP contribution in [0.2, 0.25) is 0 Å². The Morgan fingerprint density at radius 2 is 2.00 bits per heavy atom. The lowest BCUT2D eigenvalue weighted by molar-refractivity contribution is -0.479. The maximum absolute atomic E-state index is 10.8. The van der Waals surface area contributed by atoms with Gasteiger partial charge in [-0.2, -0.15) is 0 Å². The molecule has 0 aliphatic carbocycles. The van der Waals surface area contributed by atoms with Crippen molar-refractivity contribution in [2.75, 3.05) is 19.6 Å². The highest BCUT2D eigenvalue weighted by molar-refractivity contribution is 8.23. The van der Waals surface area contributed by atoms with Gasteiger partial charge in [0.1, 0.15) is 9.57 Å². The molecule has 1 fully saturated rings. The van der Waals surface area contributed by atoms with Crippen LogP contribution in [0.5, 0.6) is 0 Å². The number of nitrogens with zero attached hydrogens (tertiary/aromatic N) is 2. The van der Waals surface area contributed by atoms with Crippen molar-refractivity contribution in [2.24, 2.45) is 0 Å². The number of likely N-dealkylation sites (tertiary alicyclic amines) is 1. The normalized spacial score (nSPS) is 16.3. The van der Waals surface area contributed by atoms with Gasteiger partial charge in [0.2, 0.25) is 6.54 Å². The van der Waals surface area contributed by atoms with E-state index in [0.29, 0.717) is 0 Å². The fraction of sp³-hybridized carbons (Fsp3) is 0.462. The molecule has 0 bridgehead atoms. The molecular weight excluding hydrogens is 280 g/mol. The smallest absolute Gasteiger partial charge is 0.220 e. The van der Waals surface area contributed by atoms with E-state index >= 15 is 0 Å². The van der Waals surface area contributed by atoms with Crippen molar-refractivity contribution in [3.05, 3.63) is 46.0 Å². The molecule has 1 heterocycles. The quantitative estimate of drug-likeness (QED) is 0.485. The summed E-state index contributed by atoms with van der Waals surface area (Å²) in [6.07, 6.45) is 2.32. The van der Waals surface area contributed by atoms with E-state index in [1.165, 1.54) is 11.8 Å². The first kappa shape index (κ1) is 14.3. The highest BCUT2D eigenvalue weighted by Crippen LogP contribution is 2.32. The second-order valence-electron chi connectivity index (χ2n) is 4.49. The van der Waals surface area contributed by atoms with Gasteiger partial charge in [-0.25, -0.2) is 0 Å². The molecule has 6 heteroatoms. The van der Waals surface area contributed by atoms with Gasteiger partial charge >= 0.3 is 0 Å². The van der Waals surface area contributed by atoms with Crippen LogP contribution in [-0.4, -0.2) is 33.8 Å². The fourth-order valence-electron chi connectivity index (χ4n) is 2.11. The Morgan fingerprint density at radius 1 is 1.37 bits per heavy atom. The summed E-state index contributed by atoms with van der Waals surface area (Å²) in [7, 11) is 0. The molecule has 4 nitrogen and oxygen atoms in total. The Hall–Kier alpha value is -1.14. The largest absolute Gasteiger partial charge is 0.358 e. The van der Waals surface area contributed by atoms with Crippen LogP contribution < -0.4 is 0 Å². The summed E-state index contributed by atoms with van der Waals surface area (Å²) < 4.78 is 0.785. The van der Waals surface area contributed by atoms with Crippen LogP contribution in [0.3, 0.4) is 0 Å². The Balaban J connectivity index is 2.05. The Morgan fingerprint density at radius 3 is 2.58 bits per heavy atom. The van der Waals surface area contributed by atoms with Gasteiger partial charge in [-0.1, -0.05) is 54.3 Å². The minimum absolute atomic E-state index is 0.0946. The highest BCUT2D eigenvalue weighted by atomic mass is 32.2. The summed E-state index contributed by atoms with van der Waals surface area (Å²) in [5.74, 6) is 0. The lowest BCUT2D eigenvalue weighted by atomic mass is 10.1. The zero-order valence-corrected chi connectivity index (χ0v) is 12.2. The molecule has 1 unspecified atom stereocenters. The predicted molar refractivity (Wildman–Crippen MR) is 82.0 cm³/mol. The first-order chi connectivity index (χ1) is 9.16. The summed E-state index contributed by atoms with van der Waals surface area (Å²) in [5, 5.41) is 10.6. The predicted octanol–water partition coefficient (Wildman–Crippen LogP) is 3.12. The van der Waals surface area contributed by atoms with Crippen LogP contribution in [0, 0.1) is 10.1 Å². The third-order valence-electron chi connectivity index (χ3n) is 3.09. The van der Waals surface area contributed by atoms with E-state index in [4.69, 9.17) is 12.2 Å². The number of thioether (sulfide) groups is 1. The minimum atomic E-state index is -0.267. The van der Waals surface area contributed by atoms with Gasteiger partial charge in [0, 0.05) is 18.0 Å². The molecule has 0 spiro atoms. The minimum Gasteiger partial charge on any atom is -0.358 e. The standard InChI is InChI=1S/C13H16N2O2S2/c16-15(17)10-12(11-6-2-1-3-7-11)19-13(18)14-8-4-5-9-14/h1-3,6-7,12H,4-5,8-10H2. The first-order valence-corrected chi connectivity index (χ1v) is 7.58. The van der Waals surface area contributed by atoms with Crippen molar-refractivity contribution in [1.29, 1.82) is 0 Å². The Bertz CT molecular complexity index is 447. The number of rotatable bonds is 4. The molecule has 102 valence electrons. The van der Waals surface area contributed by atoms with E-state index in [-0.39, 0.29) is 16.7 Å². The lowest BCUT2D eigenvalue weighted by Gasteiger charge is -2.21. The highest BCUT2D eigenvalue weighted by Gasteiger charge is 2.24.